The first kappa shape index (κ1) is 15.2. The van der Waals surface area contributed by atoms with E-state index in [1.807, 2.05) is 39.8 Å². The Bertz CT molecular complexity index is 646. The fraction of sp³-hybridized carbons (Fsp3) is 0.467. The number of hydrogen-bond donors (Lipinski definition) is 0. The minimum absolute atomic E-state index is 0.238. The van der Waals surface area contributed by atoms with Crippen molar-refractivity contribution in [2.45, 2.75) is 40.5 Å². The van der Waals surface area contributed by atoms with Gasteiger partial charge in [-0.2, -0.15) is 10.2 Å². The first-order chi connectivity index (χ1) is 9.95. The molecule has 0 saturated heterocycles. The van der Waals surface area contributed by atoms with Gasteiger partial charge in [-0.1, -0.05) is 0 Å². The highest BCUT2D eigenvalue weighted by Gasteiger charge is 2.25. The van der Waals surface area contributed by atoms with Crippen LogP contribution in [0.1, 0.15) is 42.4 Å². The van der Waals surface area contributed by atoms with Crippen molar-refractivity contribution in [3.05, 3.63) is 34.8 Å². The molecule has 0 fully saturated rings. The summed E-state index contributed by atoms with van der Waals surface area (Å²) < 4.78 is 6.81. The molecule has 0 spiro atoms. The van der Waals surface area contributed by atoms with E-state index in [0.29, 0.717) is 12.4 Å². The Morgan fingerprint density at radius 2 is 2.00 bits per heavy atom. The van der Waals surface area contributed by atoms with Gasteiger partial charge in [0.15, 0.2) is 5.82 Å². The minimum Gasteiger partial charge on any atom is -0.466 e. The summed E-state index contributed by atoms with van der Waals surface area (Å²) in [6.45, 7) is 9.70. The van der Waals surface area contributed by atoms with Crippen LogP contribution >= 0.6 is 0 Å². The van der Waals surface area contributed by atoms with Crippen molar-refractivity contribution in [2.24, 2.45) is 0 Å². The standard InChI is InChI=1S/C15H20N4O2/c1-6-21-15(20)10(3)14-11(4)18-19(12(14)5)13-8-7-9(2)16-17-13/h7-8,10H,6H2,1-5H3. The zero-order valence-electron chi connectivity index (χ0n) is 13.0. The SMILES string of the molecule is CCOC(=O)C(C)c1c(C)nn(-c2ccc(C)nn2)c1C. The molecule has 2 rings (SSSR count). The third-order valence-corrected chi connectivity index (χ3v) is 3.42. The lowest BCUT2D eigenvalue weighted by atomic mass is 9.99. The number of aryl methyl sites for hydroxylation is 2. The van der Waals surface area contributed by atoms with Crippen LogP contribution in [0, 0.1) is 20.8 Å². The van der Waals surface area contributed by atoms with E-state index in [0.717, 1.165) is 22.6 Å². The van der Waals surface area contributed by atoms with Crippen LogP contribution in [0.15, 0.2) is 12.1 Å². The van der Waals surface area contributed by atoms with Gasteiger partial charge in [-0.25, -0.2) is 4.68 Å². The van der Waals surface area contributed by atoms with Crippen molar-refractivity contribution >= 4 is 5.97 Å². The molecule has 0 radical (unpaired) electrons. The predicted octanol–water partition coefficient (Wildman–Crippen LogP) is 2.25. The molecular weight excluding hydrogens is 268 g/mol. The molecule has 0 aromatic carbocycles. The second kappa shape index (κ2) is 6.03. The number of carbonyl (C=O) groups is 1. The Balaban J connectivity index is 2.42. The molecular formula is C15H20N4O2. The number of aromatic nitrogens is 4. The van der Waals surface area contributed by atoms with E-state index >= 15 is 0 Å². The molecule has 0 aliphatic heterocycles. The molecule has 2 aromatic heterocycles. The molecule has 0 N–H and O–H groups in total. The lowest BCUT2D eigenvalue weighted by molar-refractivity contribution is -0.144. The van der Waals surface area contributed by atoms with Crippen LogP contribution in [0.25, 0.3) is 5.82 Å². The maximum Gasteiger partial charge on any atom is 0.313 e. The maximum absolute atomic E-state index is 12.0. The molecule has 112 valence electrons. The number of hydrogen-bond acceptors (Lipinski definition) is 5. The highest BCUT2D eigenvalue weighted by molar-refractivity contribution is 5.78. The minimum atomic E-state index is -0.350. The first-order valence-corrected chi connectivity index (χ1v) is 6.99. The average molecular weight is 288 g/mol. The van der Waals surface area contributed by atoms with Gasteiger partial charge in [0.05, 0.1) is 23.9 Å². The Morgan fingerprint density at radius 1 is 1.29 bits per heavy atom. The van der Waals surface area contributed by atoms with Crippen molar-refractivity contribution in [1.29, 1.82) is 0 Å². The van der Waals surface area contributed by atoms with E-state index in [4.69, 9.17) is 4.74 Å². The summed E-state index contributed by atoms with van der Waals surface area (Å²) in [5.41, 5.74) is 3.41. The number of ether oxygens (including phenoxy) is 1. The summed E-state index contributed by atoms with van der Waals surface area (Å²) in [4.78, 5) is 12.0. The molecule has 0 aliphatic carbocycles. The summed E-state index contributed by atoms with van der Waals surface area (Å²) in [7, 11) is 0. The van der Waals surface area contributed by atoms with Gasteiger partial charge < -0.3 is 4.74 Å². The van der Waals surface area contributed by atoms with Gasteiger partial charge in [-0.3, -0.25) is 4.79 Å². The Morgan fingerprint density at radius 3 is 2.57 bits per heavy atom. The Hall–Kier alpha value is -2.24. The van der Waals surface area contributed by atoms with Crippen LogP contribution in [0.2, 0.25) is 0 Å². The smallest absolute Gasteiger partial charge is 0.313 e. The van der Waals surface area contributed by atoms with Crippen molar-refractivity contribution in [2.75, 3.05) is 6.61 Å². The van der Waals surface area contributed by atoms with Crippen LogP contribution in [0.3, 0.4) is 0 Å². The summed E-state index contributed by atoms with van der Waals surface area (Å²) in [5.74, 6) is 0.0545. The van der Waals surface area contributed by atoms with Gasteiger partial charge in [-0.15, -0.1) is 5.10 Å². The van der Waals surface area contributed by atoms with Crippen LogP contribution in [0.5, 0.6) is 0 Å². The number of rotatable bonds is 4. The third-order valence-electron chi connectivity index (χ3n) is 3.42. The molecule has 0 amide bonds. The van der Waals surface area contributed by atoms with E-state index in [2.05, 4.69) is 15.3 Å². The van der Waals surface area contributed by atoms with Crippen molar-refractivity contribution in [3.63, 3.8) is 0 Å². The van der Waals surface area contributed by atoms with Crippen LogP contribution < -0.4 is 0 Å². The van der Waals surface area contributed by atoms with E-state index in [-0.39, 0.29) is 11.9 Å². The summed E-state index contributed by atoms with van der Waals surface area (Å²) in [6, 6.07) is 3.74. The monoisotopic (exact) mass is 288 g/mol. The summed E-state index contributed by atoms with van der Waals surface area (Å²) in [6.07, 6.45) is 0. The zero-order chi connectivity index (χ0) is 15.6. The van der Waals surface area contributed by atoms with Gasteiger partial charge in [0.25, 0.3) is 0 Å². The molecule has 0 aliphatic rings. The van der Waals surface area contributed by atoms with Gasteiger partial charge in [-0.05, 0) is 46.8 Å². The highest BCUT2D eigenvalue weighted by Crippen LogP contribution is 2.25. The van der Waals surface area contributed by atoms with Gasteiger partial charge in [0.2, 0.25) is 0 Å². The van der Waals surface area contributed by atoms with Gasteiger partial charge in [0, 0.05) is 11.3 Å². The molecule has 0 bridgehead atoms. The zero-order valence-corrected chi connectivity index (χ0v) is 13.0. The molecule has 2 heterocycles. The molecule has 6 nitrogen and oxygen atoms in total. The van der Waals surface area contributed by atoms with E-state index in [1.54, 1.807) is 11.6 Å². The van der Waals surface area contributed by atoms with Crippen molar-refractivity contribution in [1.82, 2.24) is 20.0 Å². The van der Waals surface area contributed by atoms with Crippen molar-refractivity contribution in [3.8, 4) is 5.82 Å². The topological polar surface area (TPSA) is 69.9 Å². The second-order valence-electron chi connectivity index (χ2n) is 5.00. The molecule has 1 atom stereocenters. The van der Waals surface area contributed by atoms with E-state index in [1.165, 1.54) is 0 Å². The van der Waals surface area contributed by atoms with Gasteiger partial charge >= 0.3 is 5.97 Å². The fourth-order valence-corrected chi connectivity index (χ4v) is 2.39. The lowest BCUT2D eigenvalue weighted by Gasteiger charge is -2.11. The molecule has 21 heavy (non-hydrogen) atoms. The largest absolute Gasteiger partial charge is 0.466 e. The molecule has 2 aromatic rings. The molecule has 1 unspecified atom stereocenters. The number of esters is 1. The predicted molar refractivity (Wildman–Crippen MR) is 78.4 cm³/mol. The number of nitrogens with zero attached hydrogens (tertiary/aromatic N) is 4. The van der Waals surface area contributed by atoms with Crippen molar-refractivity contribution < 1.29 is 9.53 Å². The lowest BCUT2D eigenvalue weighted by Crippen LogP contribution is -2.14. The first-order valence-electron chi connectivity index (χ1n) is 6.99. The Kier molecular flexibility index (Phi) is 4.35. The normalized spacial score (nSPS) is 12.2. The van der Waals surface area contributed by atoms with Crippen LogP contribution in [-0.2, 0) is 9.53 Å². The van der Waals surface area contributed by atoms with Crippen LogP contribution in [-0.4, -0.2) is 32.6 Å². The summed E-state index contributed by atoms with van der Waals surface area (Å²) in [5, 5.41) is 12.7. The maximum atomic E-state index is 12.0. The second-order valence-corrected chi connectivity index (χ2v) is 5.00. The average Bonchev–Trinajstić information content (AvgIpc) is 2.74. The molecule has 0 saturated carbocycles. The highest BCUT2D eigenvalue weighted by atomic mass is 16.5. The van der Waals surface area contributed by atoms with Gasteiger partial charge in [0.1, 0.15) is 0 Å². The van der Waals surface area contributed by atoms with E-state index in [9.17, 15) is 4.79 Å². The summed E-state index contributed by atoms with van der Waals surface area (Å²) >= 11 is 0. The van der Waals surface area contributed by atoms with Crippen LogP contribution in [0.4, 0.5) is 0 Å². The third kappa shape index (κ3) is 2.94. The fourth-order valence-electron chi connectivity index (χ4n) is 2.39. The molecule has 6 heteroatoms. The quantitative estimate of drug-likeness (QED) is 0.807. The number of carbonyl (C=O) groups excluding carboxylic acids is 1. The Labute approximate surface area is 124 Å². The van der Waals surface area contributed by atoms with E-state index < -0.39 is 0 Å².